The summed E-state index contributed by atoms with van der Waals surface area (Å²) in [5.41, 5.74) is 0.803. The highest BCUT2D eigenvalue weighted by atomic mass is 35.5. The molecule has 2 amide bonds. The Morgan fingerprint density at radius 2 is 1.77 bits per heavy atom. The molecule has 2 aromatic carbocycles. The van der Waals surface area contributed by atoms with Gasteiger partial charge in [-0.05, 0) is 54.8 Å². The molecule has 0 aliphatic heterocycles. The van der Waals surface area contributed by atoms with Crippen LogP contribution >= 0.6 is 34.8 Å². The van der Waals surface area contributed by atoms with Gasteiger partial charge in [0.25, 0.3) is 0 Å². The van der Waals surface area contributed by atoms with Crippen molar-refractivity contribution >= 4 is 46.6 Å². The molecule has 0 aliphatic rings. The zero-order valence-electron chi connectivity index (χ0n) is 17.0. The van der Waals surface area contributed by atoms with Crippen molar-refractivity contribution in [1.82, 2.24) is 10.2 Å². The third-order valence-electron chi connectivity index (χ3n) is 4.59. The Balaban J connectivity index is 2.04. The van der Waals surface area contributed by atoms with E-state index in [-0.39, 0.29) is 24.8 Å². The average molecular weight is 472 g/mol. The maximum Gasteiger partial charge on any atom is 0.242 e. The molecule has 2 aromatic rings. The van der Waals surface area contributed by atoms with Crippen molar-refractivity contribution in [2.24, 2.45) is 0 Å². The number of halogens is 3. The van der Waals surface area contributed by atoms with E-state index in [1.807, 2.05) is 6.92 Å². The summed E-state index contributed by atoms with van der Waals surface area (Å²) in [6.45, 7) is 2.52. The smallest absolute Gasteiger partial charge is 0.242 e. The van der Waals surface area contributed by atoms with Crippen LogP contribution in [-0.2, 0) is 16.1 Å². The molecule has 0 saturated carbocycles. The Labute approximate surface area is 192 Å². The number of ether oxygens (including phenoxy) is 1. The van der Waals surface area contributed by atoms with E-state index in [4.69, 9.17) is 39.5 Å². The van der Waals surface area contributed by atoms with E-state index in [1.54, 1.807) is 54.4 Å². The predicted molar refractivity (Wildman–Crippen MR) is 121 cm³/mol. The Kier molecular flexibility index (Phi) is 9.76. The lowest BCUT2D eigenvalue weighted by atomic mass is 10.1. The molecular weight excluding hydrogens is 447 g/mol. The molecule has 30 heavy (non-hydrogen) atoms. The van der Waals surface area contributed by atoms with Gasteiger partial charge in [-0.1, -0.05) is 47.8 Å². The molecule has 0 aromatic heterocycles. The highest BCUT2D eigenvalue weighted by Gasteiger charge is 2.27. The number of nitrogens with one attached hydrogen (secondary N) is 1. The number of carbonyl (C=O) groups is 2. The Morgan fingerprint density at radius 1 is 1.07 bits per heavy atom. The fourth-order valence-electron chi connectivity index (χ4n) is 3.01. The predicted octanol–water partition coefficient (Wildman–Crippen LogP) is 5.36. The number of likely N-dealkylation sites (N-methyl/N-ethyl adjacent to an activating group) is 1. The molecule has 0 fully saturated rings. The van der Waals surface area contributed by atoms with Crippen LogP contribution in [0.3, 0.4) is 0 Å². The first kappa shape index (κ1) is 24.3. The molecule has 0 saturated heterocycles. The van der Waals surface area contributed by atoms with Gasteiger partial charge in [0.15, 0.2) is 0 Å². The summed E-state index contributed by atoms with van der Waals surface area (Å²) in [5, 5.41) is 4.12. The molecule has 0 spiro atoms. The Bertz CT molecular complexity index is 859. The fourth-order valence-corrected chi connectivity index (χ4v) is 3.46. The van der Waals surface area contributed by atoms with Crippen LogP contribution in [0.15, 0.2) is 42.5 Å². The molecule has 1 N–H and O–H groups in total. The van der Waals surface area contributed by atoms with Crippen molar-refractivity contribution in [3.8, 4) is 5.75 Å². The molecule has 1 atom stereocenters. The number of amides is 2. The summed E-state index contributed by atoms with van der Waals surface area (Å²) in [6, 6.07) is 11.7. The van der Waals surface area contributed by atoms with Gasteiger partial charge in [-0.2, -0.15) is 0 Å². The summed E-state index contributed by atoms with van der Waals surface area (Å²) in [4.78, 5) is 26.9. The zero-order valence-corrected chi connectivity index (χ0v) is 19.2. The third kappa shape index (κ3) is 7.08. The summed E-state index contributed by atoms with van der Waals surface area (Å²) < 4.78 is 5.65. The van der Waals surface area contributed by atoms with Crippen LogP contribution in [0.2, 0.25) is 15.1 Å². The number of hydrogen-bond acceptors (Lipinski definition) is 3. The minimum absolute atomic E-state index is 0.128. The number of carbonyl (C=O) groups excluding carboxylic acids is 2. The first-order valence-corrected chi connectivity index (χ1v) is 10.8. The minimum atomic E-state index is -0.575. The number of hydrogen-bond donors (Lipinski definition) is 1. The highest BCUT2D eigenvalue weighted by Crippen LogP contribution is 2.24. The van der Waals surface area contributed by atoms with Gasteiger partial charge in [0.05, 0.1) is 16.7 Å². The van der Waals surface area contributed by atoms with Gasteiger partial charge in [0, 0.05) is 25.0 Å². The van der Waals surface area contributed by atoms with Gasteiger partial charge in [-0.15, -0.1) is 0 Å². The largest absolute Gasteiger partial charge is 0.494 e. The van der Waals surface area contributed by atoms with E-state index in [0.29, 0.717) is 40.3 Å². The molecular formula is C22H25Cl3N2O3. The standard InChI is InChI=1S/C22H25Cl3N2O3/c1-3-20(22(29)26-2)27(14-15-6-11-18(24)19(25)13-15)21(28)5-4-12-30-17-9-7-16(23)8-10-17/h6-11,13,20H,3-5,12,14H2,1-2H3,(H,26,29). The molecule has 0 heterocycles. The van der Waals surface area contributed by atoms with Crippen molar-refractivity contribution in [2.75, 3.05) is 13.7 Å². The lowest BCUT2D eigenvalue weighted by Crippen LogP contribution is -2.48. The van der Waals surface area contributed by atoms with Crippen LogP contribution in [0.4, 0.5) is 0 Å². The summed E-state index contributed by atoms with van der Waals surface area (Å²) >= 11 is 18.0. The lowest BCUT2D eigenvalue weighted by Gasteiger charge is -2.30. The highest BCUT2D eigenvalue weighted by molar-refractivity contribution is 6.42. The molecule has 0 aliphatic carbocycles. The molecule has 5 nitrogen and oxygen atoms in total. The van der Waals surface area contributed by atoms with Crippen molar-refractivity contribution in [3.05, 3.63) is 63.1 Å². The van der Waals surface area contributed by atoms with Crippen molar-refractivity contribution < 1.29 is 14.3 Å². The van der Waals surface area contributed by atoms with E-state index in [1.165, 1.54) is 0 Å². The number of nitrogens with zero attached hydrogens (tertiary/aromatic N) is 1. The van der Waals surface area contributed by atoms with Crippen molar-refractivity contribution in [3.63, 3.8) is 0 Å². The van der Waals surface area contributed by atoms with E-state index in [2.05, 4.69) is 5.32 Å². The van der Waals surface area contributed by atoms with Crippen LogP contribution in [0.5, 0.6) is 5.75 Å². The second-order valence-electron chi connectivity index (χ2n) is 6.71. The van der Waals surface area contributed by atoms with Crippen molar-refractivity contribution in [2.45, 2.75) is 38.8 Å². The molecule has 0 bridgehead atoms. The molecule has 0 radical (unpaired) electrons. The second-order valence-corrected chi connectivity index (χ2v) is 7.97. The number of rotatable bonds is 10. The minimum Gasteiger partial charge on any atom is -0.494 e. The molecule has 2 rings (SSSR count). The first-order valence-electron chi connectivity index (χ1n) is 9.69. The topological polar surface area (TPSA) is 58.6 Å². The van der Waals surface area contributed by atoms with Crippen LogP contribution < -0.4 is 10.1 Å². The van der Waals surface area contributed by atoms with Gasteiger partial charge in [-0.3, -0.25) is 9.59 Å². The van der Waals surface area contributed by atoms with Crippen molar-refractivity contribution in [1.29, 1.82) is 0 Å². The Morgan fingerprint density at radius 3 is 2.37 bits per heavy atom. The summed E-state index contributed by atoms with van der Waals surface area (Å²) in [7, 11) is 1.56. The van der Waals surface area contributed by atoms with Gasteiger partial charge in [0.1, 0.15) is 11.8 Å². The van der Waals surface area contributed by atoms with E-state index >= 15 is 0 Å². The van der Waals surface area contributed by atoms with Gasteiger partial charge >= 0.3 is 0 Å². The third-order valence-corrected chi connectivity index (χ3v) is 5.58. The van der Waals surface area contributed by atoms with E-state index in [9.17, 15) is 9.59 Å². The van der Waals surface area contributed by atoms with Crippen LogP contribution in [0.25, 0.3) is 0 Å². The quantitative estimate of drug-likeness (QED) is 0.475. The second kappa shape index (κ2) is 12.0. The summed E-state index contributed by atoms with van der Waals surface area (Å²) in [6.07, 6.45) is 1.26. The van der Waals surface area contributed by atoms with Crippen LogP contribution in [0.1, 0.15) is 31.7 Å². The van der Waals surface area contributed by atoms with Crippen LogP contribution in [-0.4, -0.2) is 36.4 Å². The molecule has 1 unspecified atom stereocenters. The maximum absolute atomic E-state index is 13.0. The number of benzene rings is 2. The average Bonchev–Trinajstić information content (AvgIpc) is 2.74. The first-order chi connectivity index (χ1) is 14.3. The molecule has 8 heteroatoms. The maximum atomic E-state index is 13.0. The van der Waals surface area contributed by atoms with Gasteiger partial charge in [0.2, 0.25) is 11.8 Å². The van der Waals surface area contributed by atoms with Gasteiger partial charge < -0.3 is 15.0 Å². The lowest BCUT2D eigenvalue weighted by molar-refractivity contribution is -0.141. The monoisotopic (exact) mass is 470 g/mol. The van der Waals surface area contributed by atoms with E-state index in [0.717, 1.165) is 5.56 Å². The summed E-state index contributed by atoms with van der Waals surface area (Å²) in [5.74, 6) is 0.357. The zero-order chi connectivity index (χ0) is 22.1. The molecule has 162 valence electrons. The SMILES string of the molecule is CCC(C(=O)NC)N(Cc1ccc(Cl)c(Cl)c1)C(=O)CCCOc1ccc(Cl)cc1. The van der Waals surface area contributed by atoms with Gasteiger partial charge in [-0.25, -0.2) is 0 Å². The van der Waals surface area contributed by atoms with E-state index < -0.39 is 6.04 Å². The normalized spacial score (nSPS) is 11.6. The fraction of sp³-hybridized carbons (Fsp3) is 0.364. The Hall–Kier alpha value is -1.95. The van der Waals surface area contributed by atoms with Crippen LogP contribution in [0, 0.1) is 0 Å².